The highest BCUT2D eigenvalue weighted by Gasteiger charge is 2.33. The summed E-state index contributed by atoms with van der Waals surface area (Å²) in [6, 6.07) is 5.19. The lowest BCUT2D eigenvalue weighted by Gasteiger charge is -2.37. The number of hydrogen-bond donors (Lipinski definition) is 1. The molecule has 9 nitrogen and oxygen atoms in total. The smallest absolute Gasteiger partial charge is 0.386 e. The molecule has 0 spiro atoms. The van der Waals surface area contributed by atoms with E-state index in [2.05, 4.69) is 29.8 Å². The fourth-order valence-corrected chi connectivity index (χ4v) is 4.69. The first-order valence-corrected chi connectivity index (χ1v) is 12.0. The van der Waals surface area contributed by atoms with Gasteiger partial charge in [-0.05, 0) is 50.9 Å². The molecular formula is C24H30F3N7O2. The molecular weight excluding hydrogens is 475 g/mol. The zero-order chi connectivity index (χ0) is 25.5. The second-order valence-electron chi connectivity index (χ2n) is 9.18. The van der Waals surface area contributed by atoms with Crippen molar-refractivity contribution >= 4 is 17.6 Å². The zero-order valence-corrected chi connectivity index (χ0v) is 19.9. The Morgan fingerprint density at radius 3 is 2.31 bits per heavy atom. The summed E-state index contributed by atoms with van der Waals surface area (Å²) in [6.07, 6.45) is 3.29. The van der Waals surface area contributed by atoms with Crippen molar-refractivity contribution in [3.8, 4) is 0 Å². The van der Waals surface area contributed by atoms with Crippen LogP contribution in [0.5, 0.6) is 0 Å². The predicted molar refractivity (Wildman–Crippen MR) is 127 cm³/mol. The van der Waals surface area contributed by atoms with Gasteiger partial charge < -0.3 is 15.5 Å². The zero-order valence-electron chi connectivity index (χ0n) is 19.9. The van der Waals surface area contributed by atoms with E-state index in [0.717, 1.165) is 38.0 Å². The van der Waals surface area contributed by atoms with Crippen LogP contribution in [-0.4, -0.2) is 75.3 Å². The van der Waals surface area contributed by atoms with E-state index in [-0.39, 0.29) is 23.7 Å². The Hall–Kier alpha value is -3.28. The number of piperidine rings is 2. The van der Waals surface area contributed by atoms with Crippen LogP contribution in [0.1, 0.15) is 36.9 Å². The Morgan fingerprint density at radius 1 is 1.03 bits per heavy atom. The molecule has 2 aliphatic rings. The van der Waals surface area contributed by atoms with Gasteiger partial charge in [0, 0.05) is 55.6 Å². The molecule has 0 saturated carbocycles. The van der Waals surface area contributed by atoms with Crippen molar-refractivity contribution in [1.29, 1.82) is 0 Å². The average molecular weight is 506 g/mol. The Bertz CT molecular complexity index is 1020. The number of rotatable bonds is 7. The van der Waals surface area contributed by atoms with Crippen LogP contribution in [0, 0.1) is 11.8 Å². The number of nitrogens with zero attached hydrogens (tertiary/aromatic N) is 6. The molecule has 4 rings (SSSR count). The van der Waals surface area contributed by atoms with Gasteiger partial charge in [0.15, 0.2) is 0 Å². The Morgan fingerprint density at radius 2 is 1.69 bits per heavy atom. The van der Waals surface area contributed by atoms with Crippen LogP contribution >= 0.6 is 0 Å². The molecule has 0 unspecified atom stereocenters. The Balaban J connectivity index is 1.29. The molecule has 2 aromatic rings. The molecule has 194 valence electrons. The maximum atomic E-state index is 13.2. The molecule has 2 aromatic heterocycles. The highest BCUT2D eigenvalue weighted by Crippen LogP contribution is 2.27. The normalized spacial score (nSPS) is 18.9. The largest absolute Gasteiger partial charge is 0.425 e. The van der Waals surface area contributed by atoms with Gasteiger partial charge in [-0.3, -0.25) is 14.7 Å². The van der Waals surface area contributed by atoms with E-state index in [1.807, 2.05) is 4.90 Å². The van der Waals surface area contributed by atoms with E-state index < -0.39 is 12.8 Å². The number of amides is 1. The fraction of sp³-hybridized carbons (Fsp3) is 0.542. The number of pyridine rings is 1. The summed E-state index contributed by atoms with van der Waals surface area (Å²) in [6.45, 7) is 1.94. The molecule has 2 fully saturated rings. The van der Waals surface area contributed by atoms with E-state index in [0.29, 0.717) is 37.3 Å². The van der Waals surface area contributed by atoms with Gasteiger partial charge in [-0.15, -0.1) is 0 Å². The number of anilines is 1. The molecule has 0 bridgehead atoms. The minimum atomic E-state index is -4.47. The minimum Gasteiger partial charge on any atom is -0.386 e. The maximum Gasteiger partial charge on any atom is 0.425 e. The second kappa shape index (κ2) is 11.6. The van der Waals surface area contributed by atoms with E-state index in [9.17, 15) is 18.0 Å². The molecule has 2 saturated heterocycles. The van der Waals surface area contributed by atoms with Crippen molar-refractivity contribution in [3.63, 3.8) is 0 Å². The molecule has 0 aromatic carbocycles. The number of nitrogens with two attached hydrogens (primary N) is 1. The van der Waals surface area contributed by atoms with Crippen molar-refractivity contribution in [2.45, 2.75) is 38.4 Å². The third-order valence-corrected chi connectivity index (χ3v) is 6.58. The van der Waals surface area contributed by atoms with Crippen LogP contribution in [0.15, 0.2) is 41.9 Å². The summed E-state index contributed by atoms with van der Waals surface area (Å²) >= 11 is 0. The third-order valence-electron chi connectivity index (χ3n) is 6.58. The summed E-state index contributed by atoms with van der Waals surface area (Å²) in [5.41, 5.74) is 7.41. The van der Waals surface area contributed by atoms with Crippen molar-refractivity contribution in [3.05, 3.63) is 48.0 Å². The first-order valence-electron chi connectivity index (χ1n) is 12.0. The molecule has 1 amide bonds. The molecule has 0 radical (unpaired) electrons. The van der Waals surface area contributed by atoms with E-state index in [1.54, 1.807) is 36.8 Å². The standard InChI is InChI=1S/C24H30F3N7O2/c25-24(26,27)16-36-32-21(20-3-1-2-8-29-20)18-6-11-34(12-7-18)22(35)19-4-9-33(10-5-19)15-17-13-30-23(28)31-14-17/h1-3,8,13-14,18-19H,4-7,9-12,15-16H2,(H2,28,30,31)/b32-21-. The van der Waals surface area contributed by atoms with Gasteiger partial charge in [-0.2, -0.15) is 13.2 Å². The maximum absolute atomic E-state index is 13.2. The number of carbonyl (C=O) groups is 1. The highest BCUT2D eigenvalue weighted by atomic mass is 19.4. The quantitative estimate of drug-likeness (QED) is 0.455. The van der Waals surface area contributed by atoms with Crippen molar-refractivity contribution in [2.24, 2.45) is 17.0 Å². The third kappa shape index (κ3) is 7.12. The van der Waals surface area contributed by atoms with Gasteiger partial charge in [0.25, 0.3) is 0 Å². The molecule has 12 heteroatoms. The van der Waals surface area contributed by atoms with Crippen molar-refractivity contribution in [2.75, 3.05) is 38.5 Å². The number of oxime groups is 1. The number of alkyl halides is 3. The first-order chi connectivity index (χ1) is 17.3. The lowest BCUT2D eigenvalue weighted by Crippen LogP contribution is -2.46. The number of hydrogen-bond acceptors (Lipinski definition) is 8. The van der Waals surface area contributed by atoms with Crippen LogP contribution in [-0.2, 0) is 16.2 Å². The number of halogens is 3. The molecule has 4 heterocycles. The summed E-state index contributed by atoms with van der Waals surface area (Å²) in [7, 11) is 0. The first kappa shape index (κ1) is 25.8. The van der Waals surface area contributed by atoms with E-state index in [4.69, 9.17) is 5.73 Å². The lowest BCUT2D eigenvalue weighted by atomic mass is 9.88. The van der Waals surface area contributed by atoms with Crippen LogP contribution in [0.2, 0.25) is 0 Å². The SMILES string of the molecule is Nc1ncc(CN2CCC(C(=O)N3CCC(/C(=N/OCC(F)(F)F)c4ccccn4)CC3)CC2)cn1. The fourth-order valence-electron chi connectivity index (χ4n) is 4.69. The summed E-state index contributed by atoms with van der Waals surface area (Å²) in [5, 5.41) is 3.82. The summed E-state index contributed by atoms with van der Waals surface area (Å²) in [4.78, 5) is 34.2. The Kier molecular flexibility index (Phi) is 8.34. The number of likely N-dealkylation sites (tertiary alicyclic amines) is 2. The molecule has 2 aliphatic heterocycles. The monoisotopic (exact) mass is 505 g/mol. The van der Waals surface area contributed by atoms with Gasteiger partial charge in [0.1, 0.15) is 5.71 Å². The molecule has 36 heavy (non-hydrogen) atoms. The number of aromatic nitrogens is 3. The van der Waals surface area contributed by atoms with E-state index in [1.165, 1.54) is 0 Å². The summed E-state index contributed by atoms with van der Waals surface area (Å²) < 4.78 is 37.6. The highest BCUT2D eigenvalue weighted by molar-refractivity contribution is 6.00. The molecule has 2 N–H and O–H groups in total. The van der Waals surface area contributed by atoms with Crippen molar-refractivity contribution in [1.82, 2.24) is 24.8 Å². The van der Waals surface area contributed by atoms with Gasteiger partial charge in [-0.1, -0.05) is 11.2 Å². The second-order valence-corrected chi connectivity index (χ2v) is 9.18. The summed E-state index contributed by atoms with van der Waals surface area (Å²) in [5.74, 6) is 0.230. The van der Waals surface area contributed by atoms with Crippen LogP contribution in [0.4, 0.5) is 19.1 Å². The number of carbonyl (C=O) groups excluding carboxylic acids is 1. The average Bonchev–Trinajstić information content (AvgIpc) is 2.88. The number of nitrogen functional groups attached to an aromatic ring is 1. The van der Waals surface area contributed by atoms with Crippen LogP contribution in [0.3, 0.4) is 0 Å². The Labute approximate surface area is 207 Å². The van der Waals surface area contributed by atoms with E-state index >= 15 is 0 Å². The van der Waals surface area contributed by atoms with Crippen molar-refractivity contribution < 1.29 is 22.8 Å². The van der Waals surface area contributed by atoms with Gasteiger partial charge >= 0.3 is 6.18 Å². The van der Waals surface area contributed by atoms with Crippen LogP contribution < -0.4 is 5.73 Å². The van der Waals surface area contributed by atoms with Gasteiger partial charge in [0.05, 0.1) is 5.69 Å². The predicted octanol–water partition coefficient (Wildman–Crippen LogP) is 2.89. The lowest BCUT2D eigenvalue weighted by molar-refractivity contribution is -0.173. The molecule has 0 aliphatic carbocycles. The minimum absolute atomic E-state index is 0.0282. The van der Waals surface area contributed by atoms with Gasteiger partial charge in [0.2, 0.25) is 18.5 Å². The topological polar surface area (TPSA) is 110 Å². The van der Waals surface area contributed by atoms with Crippen LogP contribution in [0.25, 0.3) is 0 Å². The van der Waals surface area contributed by atoms with Gasteiger partial charge in [-0.25, -0.2) is 9.97 Å². The molecule has 0 atom stereocenters.